The molecule has 0 heterocycles. The second-order valence-electron chi connectivity index (χ2n) is 5.44. The summed E-state index contributed by atoms with van der Waals surface area (Å²) in [5.74, 6) is 1.68. The van der Waals surface area contributed by atoms with Crippen LogP contribution in [0.15, 0.2) is 63.8 Å². The molecule has 0 bridgehead atoms. The minimum absolute atomic E-state index is 0.103. The first-order chi connectivity index (χ1) is 12.5. The van der Waals surface area contributed by atoms with Gasteiger partial charge in [0.25, 0.3) is 0 Å². The van der Waals surface area contributed by atoms with Crippen LogP contribution in [0.1, 0.15) is 25.0 Å². The molecule has 2 aromatic carbocycles. The van der Waals surface area contributed by atoms with Crippen LogP contribution in [0, 0.1) is 0 Å². The quantitative estimate of drug-likeness (QED) is 0.474. The lowest BCUT2D eigenvalue weighted by atomic mass is 10.1. The van der Waals surface area contributed by atoms with Crippen molar-refractivity contribution in [3.63, 3.8) is 0 Å². The topological polar surface area (TPSA) is 93.6 Å². The van der Waals surface area contributed by atoms with Gasteiger partial charge in [-0.25, -0.2) is 5.43 Å². The zero-order valence-electron chi connectivity index (χ0n) is 15.4. The van der Waals surface area contributed by atoms with Crippen LogP contribution in [-0.2, 0) is 0 Å². The van der Waals surface area contributed by atoms with Crippen molar-refractivity contribution in [3.05, 3.63) is 59.7 Å². The summed E-state index contributed by atoms with van der Waals surface area (Å²) in [5, 5.41) is 12.3. The lowest BCUT2D eigenvalue weighted by Crippen LogP contribution is -2.27. The van der Waals surface area contributed by atoms with Gasteiger partial charge in [-0.05, 0) is 73.5 Å². The summed E-state index contributed by atoms with van der Waals surface area (Å²) in [7, 11) is 3.25. The van der Waals surface area contributed by atoms with Crippen molar-refractivity contribution in [1.29, 1.82) is 0 Å². The minimum Gasteiger partial charge on any atom is -0.497 e. The van der Waals surface area contributed by atoms with Crippen molar-refractivity contribution in [3.8, 4) is 11.5 Å². The molecule has 136 valence electrons. The molecule has 0 aliphatic carbocycles. The highest BCUT2D eigenvalue weighted by Crippen LogP contribution is 2.12. The smallest absolute Gasteiger partial charge is 0.234 e. The number of rotatable bonds is 6. The molecule has 0 aliphatic rings. The Morgan fingerprint density at radius 3 is 1.69 bits per heavy atom. The van der Waals surface area contributed by atoms with E-state index < -0.39 is 0 Å². The average Bonchev–Trinajstić information content (AvgIpc) is 2.70. The number of nitrogens with two attached hydrogens (primary N) is 1. The van der Waals surface area contributed by atoms with Gasteiger partial charge in [0.1, 0.15) is 11.5 Å². The third-order valence-corrected chi connectivity index (χ3v) is 3.66. The van der Waals surface area contributed by atoms with E-state index >= 15 is 0 Å². The van der Waals surface area contributed by atoms with Crippen molar-refractivity contribution >= 4 is 17.4 Å². The predicted octanol–water partition coefficient (Wildman–Crippen LogP) is 2.76. The Morgan fingerprint density at radius 2 is 1.23 bits per heavy atom. The van der Waals surface area contributed by atoms with E-state index in [4.69, 9.17) is 15.2 Å². The summed E-state index contributed by atoms with van der Waals surface area (Å²) >= 11 is 0. The van der Waals surface area contributed by atoms with Gasteiger partial charge in [-0.1, -0.05) is 0 Å². The molecule has 0 aromatic heterocycles. The zero-order valence-corrected chi connectivity index (χ0v) is 15.4. The monoisotopic (exact) mass is 353 g/mol. The van der Waals surface area contributed by atoms with Crippen LogP contribution < -0.4 is 20.6 Å². The van der Waals surface area contributed by atoms with E-state index in [0.717, 1.165) is 34.0 Å². The normalized spacial score (nSPS) is 12.7. The van der Waals surface area contributed by atoms with Gasteiger partial charge in [-0.3, -0.25) is 0 Å². The summed E-state index contributed by atoms with van der Waals surface area (Å²) in [5.41, 5.74) is 11.9. The first kappa shape index (κ1) is 19.0. The lowest BCUT2D eigenvalue weighted by molar-refractivity contribution is 0.414. The molecule has 7 nitrogen and oxygen atoms in total. The van der Waals surface area contributed by atoms with E-state index in [9.17, 15) is 0 Å². The van der Waals surface area contributed by atoms with Crippen molar-refractivity contribution in [2.24, 2.45) is 21.0 Å². The largest absolute Gasteiger partial charge is 0.497 e. The van der Waals surface area contributed by atoms with Gasteiger partial charge in [-0.15, -0.1) is 5.10 Å². The Hall–Kier alpha value is -3.35. The fourth-order valence-electron chi connectivity index (χ4n) is 2.08. The maximum absolute atomic E-state index is 5.80. The molecule has 2 rings (SSSR count). The van der Waals surface area contributed by atoms with Gasteiger partial charge in [0.2, 0.25) is 5.96 Å². The molecular weight excluding hydrogens is 330 g/mol. The number of hydrazone groups is 1. The molecule has 0 radical (unpaired) electrons. The van der Waals surface area contributed by atoms with Crippen LogP contribution in [0.2, 0.25) is 0 Å². The highest BCUT2D eigenvalue weighted by molar-refractivity contribution is 6.00. The Morgan fingerprint density at radius 1 is 0.769 bits per heavy atom. The van der Waals surface area contributed by atoms with Crippen molar-refractivity contribution in [1.82, 2.24) is 5.43 Å². The van der Waals surface area contributed by atoms with Crippen LogP contribution in [-0.4, -0.2) is 31.6 Å². The Kier molecular flexibility index (Phi) is 6.73. The second kappa shape index (κ2) is 9.22. The standard InChI is InChI=1S/C19H23N5O2/c1-13(15-5-9-17(25-3)10-6-15)21-23-19(20)24-22-14(2)16-7-11-18(26-4)12-8-16/h5-12H,1-4H3,(H3,20,23,24)/b21-13-,22-14-. The van der Waals surface area contributed by atoms with E-state index in [1.54, 1.807) is 14.2 Å². The van der Waals surface area contributed by atoms with Crippen molar-refractivity contribution in [2.75, 3.05) is 14.2 Å². The van der Waals surface area contributed by atoms with Crippen LogP contribution in [0.3, 0.4) is 0 Å². The molecule has 0 fully saturated rings. The van der Waals surface area contributed by atoms with Gasteiger partial charge in [0, 0.05) is 0 Å². The highest BCUT2D eigenvalue weighted by Gasteiger charge is 2.00. The number of nitrogens with one attached hydrogen (secondary N) is 1. The Bertz CT molecular complexity index is 809. The maximum atomic E-state index is 5.80. The minimum atomic E-state index is 0.103. The Labute approximate surface area is 153 Å². The molecule has 0 saturated heterocycles. The first-order valence-corrected chi connectivity index (χ1v) is 8.00. The van der Waals surface area contributed by atoms with Gasteiger partial charge < -0.3 is 15.2 Å². The molecule has 0 aliphatic heterocycles. The summed E-state index contributed by atoms with van der Waals surface area (Å²) in [6.07, 6.45) is 0. The molecule has 0 amide bonds. The fourth-order valence-corrected chi connectivity index (χ4v) is 2.08. The third kappa shape index (κ3) is 5.34. The molecular formula is C19H23N5O2. The van der Waals surface area contributed by atoms with Gasteiger partial charge in [-0.2, -0.15) is 10.2 Å². The number of hydrogen-bond donors (Lipinski definition) is 2. The van der Waals surface area contributed by atoms with Crippen LogP contribution in [0.25, 0.3) is 0 Å². The number of guanidine groups is 1. The van der Waals surface area contributed by atoms with Crippen molar-refractivity contribution < 1.29 is 9.47 Å². The molecule has 0 unspecified atom stereocenters. The predicted molar refractivity (Wildman–Crippen MR) is 105 cm³/mol. The van der Waals surface area contributed by atoms with Gasteiger partial charge >= 0.3 is 0 Å². The first-order valence-electron chi connectivity index (χ1n) is 8.00. The van der Waals surface area contributed by atoms with E-state index in [1.165, 1.54) is 0 Å². The third-order valence-electron chi connectivity index (χ3n) is 3.66. The number of methoxy groups -OCH3 is 2. The van der Waals surface area contributed by atoms with Crippen LogP contribution in [0.5, 0.6) is 11.5 Å². The molecule has 0 saturated carbocycles. The SMILES string of the molecule is COc1ccc(/C(C)=N\N=C(\N)N/N=C(/C)c2ccc(OC)cc2)cc1. The second-order valence-corrected chi connectivity index (χ2v) is 5.44. The number of benzene rings is 2. The average molecular weight is 353 g/mol. The molecule has 3 N–H and O–H groups in total. The molecule has 2 aromatic rings. The number of ether oxygens (including phenoxy) is 2. The van der Waals surface area contributed by atoms with Crippen LogP contribution >= 0.6 is 0 Å². The summed E-state index contributed by atoms with van der Waals surface area (Å²) in [6, 6.07) is 15.1. The number of nitrogens with zero attached hydrogens (tertiary/aromatic N) is 3. The van der Waals surface area contributed by atoms with E-state index in [1.807, 2.05) is 62.4 Å². The summed E-state index contributed by atoms with van der Waals surface area (Å²) in [4.78, 5) is 0. The molecule has 0 atom stereocenters. The zero-order chi connectivity index (χ0) is 18.9. The summed E-state index contributed by atoms with van der Waals surface area (Å²) < 4.78 is 10.3. The maximum Gasteiger partial charge on any atom is 0.234 e. The van der Waals surface area contributed by atoms with Gasteiger partial charge in [0.05, 0.1) is 25.6 Å². The van der Waals surface area contributed by atoms with Gasteiger partial charge in [0.15, 0.2) is 0 Å². The number of hydrogen-bond acceptors (Lipinski definition) is 5. The summed E-state index contributed by atoms with van der Waals surface area (Å²) in [6.45, 7) is 3.72. The van der Waals surface area contributed by atoms with E-state index in [2.05, 4.69) is 20.7 Å². The Balaban J connectivity index is 2.01. The fraction of sp³-hybridized carbons (Fsp3) is 0.211. The highest BCUT2D eigenvalue weighted by atomic mass is 16.5. The van der Waals surface area contributed by atoms with E-state index in [-0.39, 0.29) is 5.96 Å². The van der Waals surface area contributed by atoms with E-state index in [0.29, 0.717) is 0 Å². The van der Waals surface area contributed by atoms with Crippen molar-refractivity contribution in [2.45, 2.75) is 13.8 Å². The molecule has 26 heavy (non-hydrogen) atoms. The molecule has 7 heteroatoms. The van der Waals surface area contributed by atoms with Crippen LogP contribution in [0.4, 0.5) is 0 Å². The lowest BCUT2D eigenvalue weighted by Gasteiger charge is -2.04. The molecule has 0 spiro atoms.